The third-order valence-corrected chi connectivity index (χ3v) is 3.12. The van der Waals surface area contributed by atoms with Crippen molar-refractivity contribution in [3.8, 4) is 0 Å². The molecule has 0 aromatic heterocycles. The molecule has 0 spiro atoms. The Hall–Kier alpha value is -1.59. The van der Waals surface area contributed by atoms with Gasteiger partial charge >= 0.3 is 0 Å². The van der Waals surface area contributed by atoms with Crippen LogP contribution in [0.15, 0.2) is 24.3 Å². The zero-order chi connectivity index (χ0) is 14.6. The maximum atomic E-state index is 11.3. The third-order valence-electron chi connectivity index (χ3n) is 3.12. The minimum absolute atomic E-state index is 0.0158. The highest BCUT2D eigenvalue weighted by Gasteiger charge is 2.28. The summed E-state index contributed by atoms with van der Waals surface area (Å²) in [5.74, 6) is -0.478. The summed E-state index contributed by atoms with van der Waals surface area (Å²) in [7, 11) is 0. The third kappa shape index (κ3) is 4.21. The van der Waals surface area contributed by atoms with E-state index < -0.39 is 5.79 Å². The molecule has 1 heterocycles. The normalized spacial score (nSPS) is 18.6. The number of amides is 1. The quantitative estimate of drug-likeness (QED) is 0.888. The molecule has 1 aromatic rings. The van der Waals surface area contributed by atoms with Crippen molar-refractivity contribution < 1.29 is 14.3 Å². The Morgan fingerprint density at radius 2 is 1.75 bits per heavy atom. The molecule has 0 atom stereocenters. The van der Waals surface area contributed by atoms with Gasteiger partial charge < -0.3 is 20.1 Å². The lowest BCUT2D eigenvalue weighted by Crippen LogP contribution is -2.45. The van der Waals surface area contributed by atoms with Gasteiger partial charge in [-0.2, -0.15) is 0 Å². The number of nitrogens with one attached hydrogen (secondary N) is 2. The van der Waals surface area contributed by atoms with Crippen molar-refractivity contribution >= 4 is 17.3 Å². The Bertz CT molecular complexity index is 447. The molecular weight excluding hydrogens is 256 g/mol. The lowest BCUT2D eigenvalue weighted by Gasteiger charge is -2.35. The van der Waals surface area contributed by atoms with E-state index in [1.165, 1.54) is 0 Å². The van der Waals surface area contributed by atoms with Gasteiger partial charge in [0.25, 0.3) is 0 Å². The molecule has 2 N–H and O–H groups in total. The summed E-state index contributed by atoms with van der Waals surface area (Å²) in [6.45, 7) is 6.88. The number of hydrogen-bond donors (Lipinski definition) is 2. The van der Waals surface area contributed by atoms with Crippen LogP contribution in [0.25, 0.3) is 0 Å². The Kier molecular flexibility index (Phi) is 4.62. The number of rotatable bonds is 4. The number of benzene rings is 1. The van der Waals surface area contributed by atoms with Crippen LogP contribution >= 0.6 is 0 Å². The van der Waals surface area contributed by atoms with Gasteiger partial charge in [-0.1, -0.05) is 6.92 Å². The smallest absolute Gasteiger partial charge is 0.224 e. The number of carbonyl (C=O) groups excluding carboxylic acids is 1. The van der Waals surface area contributed by atoms with E-state index in [4.69, 9.17) is 9.47 Å². The molecule has 1 aromatic carbocycles. The zero-order valence-electron chi connectivity index (χ0n) is 12.2. The first-order chi connectivity index (χ1) is 9.48. The van der Waals surface area contributed by atoms with Crippen molar-refractivity contribution in [3.05, 3.63) is 24.3 Å². The van der Waals surface area contributed by atoms with Gasteiger partial charge in [0.05, 0.1) is 19.3 Å². The van der Waals surface area contributed by atoms with Crippen molar-refractivity contribution in [2.45, 2.75) is 39.0 Å². The first-order valence-electron chi connectivity index (χ1n) is 6.93. The summed E-state index contributed by atoms with van der Waals surface area (Å²) in [5, 5.41) is 6.17. The van der Waals surface area contributed by atoms with Gasteiger partial charge in [-0.05, 0) is 38.1 Å². The molecule has 1 saturated heterocycles. The fourth-order valence-corrected chi connectivity index (χ4v) is 1.91. The van der Waals surface area contributed by atoms with Gasteiger partial charge in [-0.3, -0.25) is 4.79 Å². The summed E-state index contributed by atoms with van der Waals surface area (Å²) >= 11 is 0. The second-order valence-electron chi connectivity index (χ2n) is 5.34. The second-order valence-corrected chi connectivity index (χ2v) is 5.34. The fourth-order valence-electron chi connectivity index (χ4n) is 1.91. The van der Waals surface area contributed by atoms with Crippen molar-refractivity contribution in [1.29, 1.82) is 0 Å². The van der Waals surface area contributed by atoms with E-state index in [1.807, 2.05) is 45.0 Å². The van der Waals surface area contributed by atoms with Gasteiger partial charge in [0.2, 0.25) is 5.91 Å². The van der Waals surface area contributed by atoms with Crippen molar-refractivity contribution in [2.24, 2.45) is 0 Å². The van der Waals surface area contributed by atoms with Crippen LogP contribution in [-0.4, -0.2) is 30.9 Å². The van der Waals surface area contributed by atoms with E-state index in [9.17, 15) is 4.79 Å². The van der Waals surface area contributed by atoms with Crippen LogP contribution in [0.4, 0.5) is 11.4 Å². The molecule has 5 heteroatoms. The van der Waals surface area contributed by atoms with Crippen LogP contribution in [0.5, 0.6) is 0 Å². The van der Waals surface area contributed by atoms with Crippen LogP contribution < -0.4 is 10.6 Å². The SMILES string of the molecule is CCC(=O)Nc1ccc(NC2COC(C)(C)OC2)cc1. The highest BCUT2D eigenvalue weighted by Crippen LogP contribution is 2.20. The monoisotopic (exact) mass is 278 g/mol. The predicted molar refractivity (Wildman–Crippen MR) is 78.8 cm³/mol. The second kappa shape index (κ2) is 6.24. The lowest BCUT2D eigenvalue weighted by molar-refractivity contribution is -0.247. The molecule has 1 amide bonds. The topological polar surface area (TPSA) is 59.6 Å². The Labute approximate surface area is 119 Å². The molecule has 1 aliphatic heterocycles. The molecule has 110 valence electrons. The van der Waals surface area contributed by atoms with Crippen molar-refractivity contribution in [2.75, 3.05) is 23.8 Å². The van der Waals surface area contributed by atoms with Crippen molar-refractivity contribution in [3.63, 3.8) is 0 Å². The maximum Gasteiger partial charge on any atom is 0.224 e. The van der Waals surface area contributed by atoms with Crippen molar-refractivity contribution in [1.82, 2.24) is 0 Å². The highest BCUT2D eigenvalue weighted by molar-refractivity contribution is 5.90. The number of hydrogen-bond acceptors (Lipinski definition) is 4. The summed E-state index contributed by atoms with van der Waals surface area (Å²) in [4.78, 5) is 11.3. The zero-order valence-corrected chi connectivity index (χ0v) is 12.2. The molecule has 0 unspecified atom stereocenters. The largest absolute Gasteiger partial charge is 0.378 e. The number of ether oxygens (including phenoxy) is 2. The van der Waals surface area contributed by atoms with Gasteiger partial charge in [-0.15, -0.1) is 0 Å². The van der Waals surface area contributed by atoms with E-state index in [1.54, 1.807) is 0 Å². The van der Waals surface area contributed by atoms with Gasteiger partial charge in [0.1, 0.15) is 0 Å². The minimum Gasteiger partial charge on any atom is -0.378 e. The standard InChI is InChI=1S/C15H22N2O3/c1-4-14(18)17-12-7-5-11(6-8-12)16-13-9-19-15(2,3)20-10-13/h5-8,13,16H,4,9-10H2,1-3H3,(H,17,18). The van der Waals surface area contributed by atoms with E-state index in [0.717, 1.165) is 11.4 Å². The van der Waals surface area contributed by atoms with E-state index in [0.29, 0.717) is 19.6 Å². The minimum atomic E-state index is -0.494. The highest BCUT2D eigenvalue weighted by atomic mass is 16.7. The average molecular weight is 278 g/mol. The summed E-state index contributed by atoms with van der Waals surface area (Å²) in [6.07, 6.45) is 0.479. The Morgan fingerprint density at radius 3 is 2.30 bits per heavy atom. The van der Waals surface area contributed by atoms with Crippen LogP contribution in [-0.2, 0) is 14.3 Å². The predicted octanol–water partition coefficient (Wildman–Crippen LogP) is 2.60. The van der Waals surface area contributed by atoms with Crippen LogP contribution in [0, 0.1) is 0 Å². The lowest BCUT2D eigenvalue weighted by atomic mass is 10.2. The van der Waals surface area contributed by atoms with Gasteiger partial charge in [-0.25, -0.2) is 0 Å². The maximum absolute atomic E-state index is 11.3. The fraction of sp³-hybridized carbons (Fsp3) is 0.533. The van der Waals surface area contributed by atoms with Crippen LogP contribution in [0.1, 0.15) is 27.2 Å². The van der Waals surface area contributed by atoms with Crippen LogP contribution in [0.3, 0.4) is 0 Å². The number of anilines is 2. The summed E-state index contributed by atoms with van der Waals surface area (Å²) in [6, 6.07) is 7.77. The first kappa shape index (κ1) is 14.8. The molecule has 0 bridgehead atoms. The Balaban J connectivity index is 1.86. The molecule has 1 aliphatic rings. The van der Waals surface area contributed by atoms with E-state index in [2.05, 4.69) is 10.6 Å². The number of carbonyl (C=O) groups is 1. The van der Waals surface area contributed by atoms with Gasteiger partial charge in [0, 0.05) is 17.8 Å². The summed E-state index contributed by atoms with van der Waals surface area (Å²) in [5.41, 5.74) is 1.79. The average Bonchev–Trinajstić information content (AvgIpc) is 2.43. The first-order valence-corrected chi connectivity index (χ1v) is 6.93. The Morgan fingerprint density at radius 1 is 1.20 bits per heavy atom. The molecular formula is C15H22N2O3. The van der Waals surface area contributed by atoms with E-state index >= 15 is 0 Å². The molecule has 1 fully saturated rings. The molecule has 0 aliphatic carbocycles. The molecule has 0 saturated carbocycles. The molecule has 5 nitrogen and oxygen atoms in total. The molecule has 2 rings (SSSR count). The van der Waals surface area contributed by atoms with Crippen LogP contribution in [0.2, 0.25) is 0 Å². The summed E-state index contributed by atoms with van der Waals surface area (Å²) < 4.78 is 11.2. The van der Waals surface area contributed by atoms with Gasteiger partial charge in [0.15, 0.2) is 5.79 Å². The molecule has 20 heavy (non-hydrogen) atoms. The molecule has 0 radical (unpaired) electrons. The van der Waals surface area contributed by atoms with E-state index in [-0.39, 0.29) is 11.9 Å².